The fourth-order valence-electron chi connectivity index (χ4n) is 1.62. The largest absolute Gasteiger partial charge is 0.483 e. The van der Waals surface area contributed by atoms with Crippen LogP contribution in [-0.2, 0) is 0 Å². The highest BCUT2D eigenvalue weighted by molar-refractivity contribution is 7.98. The lowest BCUT2D eigenvalue weighted by molar-refractivity contribution is 0.102. The van der Waals surface area contributed by atoms with Crippen molar-refractivity contribution in [1.82, 2.24) is 0 Å². The van der Waals surface area contributed by atoms with Gasteiger partial charge in [-0.15, -0.1) is 11.8 Å². The molecule has 21 heavy (non-hydrogen) atoms. The summed E-state index contributed by atoms with van der Waals surface area (Å²) in [4.78, 5) is 12.1. The van der Waals surface area contributed by atoms with Crippen LogP contribution in [0.3, 0.4) is 0 Å². The number of ether oxygens (including phenoxy) is 1. The first-order valence-corrected chi connectivity index (χ1v) is 8.24. The van der Waals surface area contributed by atoms with Crippen molar-refractivity contribution in [3.8, 4) is 5.75 Å². The van der Waals surface area contributed by atoms with E-state index in [9.17, 15) is 4.79 Å². The minimum Gasteiger partial charge on any atom is -0.483 e. The number of benzene rings is 2. The summed E-state index contributed by atoms with van der Waals surface area (Å²) < 4.78 is 5.44. The molecule has 0 unspecified atom stereocenters. The zero-order chi connectivity index (χ0) is 15.2. The van der Waals surface area contributed by atoms with Crippen LogP contribution in [0.15, 0.2) is 42.5 Å². The molecule has 0 aliphatic rings. The molecule has 0 fully saturated rings. The molecule has 110 valence electrons. The van der Waals surface area contributed by atoms with E-state index < -0.39 is 0 Å². The first-order valence-electron chi connectivity index (χ1n) is 6.09. The molecule has 0 aliphatic heterocycles. The molecule has 0 spiro atoms. The van der Waals surface area contributed by atoms with Crippen LogP contribution in [0.2, 0.25) is 10.0 Å². The van der Waals surface area contributed by atoms with Crippen molar-refractivity contribution in [3.63, 3.8) is 0 Å². The van der Waals surface area contributed by atoms with Gasteiger partial charge in [0.1, 0.15) is 11.7 Å². The SMILES string of the molecule is CSCOc1ccc(C(=O)Nc2cccc(Cl)c2Cl)cc1. The molecule has 1 N–H and O–H groups in total. The number of carbonyl (C=O) groups excluding carboxylic acids is 1. The first-order chi connectivity index (χ1) is 10.1. The lowest BCUT2D eigenvalue weighted by Crippen LogP contribution is -2.12. The van der Waals surface area contributed by atoms with E-state index in [4.69, 9.17) is 27.9 Å². The van der Waals surface area contributed by atoms with E-state index in [2.05, 4.69) is 5.32 Å². The molecule has 0 saturated carbocycles. The van der Waals surface area contributed by atoms with Crippen molar-refractivity contribution < 1.29 is 9.53 Å². The smallest absolute Gasteiger partial charge is 0.255 e. The van der Waals surface area contributed by atoms with Crippen LogP contribution in [0.25, 0.3) is 0 Å². The summed E-state index contributed by atoms with van der Waals surface area (Å²) in [5.41, 5.74) is 0.999. The Balaban J connectivity index is 2.08. The molecule has 0 atom stereocenters. The molecule has 0 aromatic heterocycles. The van der Waals surface area contributed by atoms with Gasteiger partial charge in [-0.25, -0.2) is 0 Å². The third-order valence-corrected chi connectivity index (χ3v) is 3.83. The van der Waals surface area contributed by atoms with E-state index in [1.807, 2.05) is 6.26 Å². The second-order valence-corrected chi connectivity index (χ2v) is 5.73. The average molecular weight is 342 g/mol. The van der Waals surface area contributed by atoms with Crippen molar-refractivity contribution in [2.75, 3.05) is 17.5 Å². The number of amides is 1. The average Bonchev–Trinajstić information content (AvgIpc) is 2.50. The highest BCUT2D eigenvalue weighted by Gasteiger charge is 2.10. The van der Waals surface area contributed by atoms with Crippen LogP contribution in [0.1, 0.15) is 10.4 Å². The van der Waals surface area contributed by atoms with Gasteiger partial charge in [0.05, 0.1) is 15.7 Å². The first kappa shape index (κ1) is 16.0. The minimum absolute atomic E-state index is 0.254. The van der Waals surface area contributed by atoms with E-state index in [1.54, 1.807) is 54.2 Å². The van der Waals surface area contributed by atoms with E-state index >= 15 is 0 Å². The third-order valence-electron chi connectivity index (χ3n) is 2.66. The molecular formula is C15H13Cl2NO2S. The Morgan fingerprint density at radius 1 is 1.19 bits per heavy atom. The lowest BCUT2D eigenvalue weighted by Gasteiger charge is -2.09. The summed E-state index contributed by atoms with van der Waals surface area (Å²) >= 11 is 13.5. The predicted molar refractivity (Wildman–Crippen MR) is 89.9 cm³/mol. The summed E-state index contributed by atoms with van der Waals surface area (Å²) in [6, 6.07) is 12.0. The monoisotopic (exact) mass is 341 g/mol. The molecule has 0 aliphatic carbocycles. The van der Waals surface area contributed by atoms with Crippen molar-refractivity contribution in [2.45, 2.75) is 0 Å². The van der Waals surface area contributed by atoms with Crippen LogP contribution >= 0.6 is 35.0 Å². The van der Waals surface area contributed by atoms with Crippen molar-refractivity contribution in [2.24, 2.45) is 0 Å². The Morgan fingerprint density at radius 3 is 2.57 bits per heavy atom. The number of hydrogen-bond donors (Lipinski definition) is 1. The topological polar surface area (TPSA) is 38.3 Å². The standard InChI is InChI=1S/C15H13Cl2NO2S/c1-21-9-20-11-7-5-10(6-8-11)15(19)18-13-4-2-3-12(16)14(13)17/h2-8H,9H2,1H3,(H,18,19). The summed E-state index contributed by atoms with van der Waals surface area (Å²) in [6.07, 6.45) is 1.95. The van der Waals surface area contributed by atoms with Crippen LogP contribution < -0.4 is 10.1 Å². The molecule has 1 amide bonds. The zero-order valence-electron chi connectivity index (χ0n) is 11.2. The van der Waals surface area contributed by atoms with Gasteiger partial charge in [0, 0.05) is 5.56 Å². The van der Waals surface area contributed by atoms with Gasteiger partial charge in [-0.2, -0.15) is 0 Å². The Hall–Kier alpha value is -1.36. The second kappa shape index (κ2) is 7.59. The van der Waals surface area contributed by atoms with Crippen molar-refractivity contribution >= 4 is 46.6 Å². The molecule has 0 saturated heterocycles. The lowest BCUT2D eigenvalue weighted by atomic mass is 10.2. The van der Waals surface area contributed by atoms with Gasteiger partial charge in [0.15, 0.2) is 0 Å². The van der Waals surface area contributed by atoms with Crippen LogP contribution in [0, 0.1) is 0 Å². The molecule has 3 nitrogen and oxygen atoms in total. The molecule has 2 aromatic rings. The summed E-state index contributed by atoms with van der Waals surface area (Å²) in [5, 5.41) is 3.45. The highest BCUT2D eigenvalue weighted by atomic mass is 35.5. The number of thioether (sulfide) groups is 1. The number of carbonyl (C=O) groups is 1. The Kier molecular flexibility index (Phi) is 5.79. The minimum atomic E-state index is -0.254. The second-order valence-electron chi connectivity index (χ2n) is 4.13. The normalized spacial score (nSPS) is 10.2. The van der Waals surface area contributed by atoms with Gasteiger partial charge in [-0.05, 0) is 42.7 Å². The maximum atomic E-state index is 12.1. The van der Waals surface area contributed by atoms with Gasteiger partial charge in [0.25, 0.3) is 5.91 Å². The number of halogens is 2. The molecular weight excluding hydrogens is 329 g/mol. The van der Waals surface area contributed by atoms with Gasteiger partial charge in [0.2, 0.25) is 0 Å². The van der Waals surface area contributed by atoms with Gasteiger partial charge in [-0.1, -0.05) is 29.3 Å². The Labute approximate surface area is 137 Å². The molecule has 0 bridgehead atoms. The summed E-state index contributed by atoms with van der Waals surface area (Å²) in [5.74, 6) is 1.04. The fraction of sp³-hybridized carbons (Fsp3) is 0.133. The van der Waals surface area contributed by atoms with Gasteiger partial charge < -0.3 is 10.1 Å². The Morgan fingerprint density at radius 2 is 1.90 bits per heavy atom. The molecule has 2 rings (SSSR count). The molecule has 0 radical (unpaired) electrons. The quantitative estimate of drug-likeness (QED) is 0.782. The maximum absolute atomic E-state index is 12.1. The predicted octanol–water partition coefficient (Wildman–Crippen LogP) is 4.95. The van der Waals surface area contributed by atoms with Crippen molar-refractivity contribution in [3.05, 3.63) is 58.1 Å². The van der Waals surface area contributed by atoms with Crippen LogP contribution in [-0.4, -0.2) is 18.1 Å². The van der Waals surface area contributed by atoms with Gasteiger partial charge in [-0.3, -0.25) is 4.79 Å². The maximum Gasteiger partial charge on any atom is 0.255 e. The molecule has 2 aromatic carbocycles. The van der Waals surface area contributed by atoms with E-state index in [-0.39, 0.29) is 5.91 Å². The van der Waals surface area contributed by atoms with Crippen molar-refractivity contribution in [1.29, 1.82) is 0 Å². The molecule has 0 heterocycles. The summed E-state index contributed by atoms with van der Waals surface area (Å²) in [7, 11) is 0. The van der Waals surface area contributed by atoms with E-state index in [0.29, 0.717) is 27.2 Å². The molecule has 6 heteroatoms. The number of anilines is 1. The summed E-state index contributed by atoms with van der Waals surface area (Å²) in [6.45, 7) is 0. The van der Waals surface area contributed by atoms with E-state index in [0.717, 1.165) is 5.75 Å². The number of nitrogens with one attached hydrogen (secondary N) is 1. The fourth-order valence-corrected chi connectivity index (χ4v) is 2.23. The number of rotatable bonds is 5. The van der Waals surface area contributed by atoms with E-state index in [1.165, 1.54) is 0 Å². The third kappa shape index (κ3) is 4.30. The zero-order valence-corrected chi connectivity index (χ0v) is 13.6. The Bertz CT molecular complexity index is 632. The van der Waals surface area contributed by atoms with Crippen LogP contribution in [0.4, 0.5) is 5.69 Å². The highest BCUT2D eigenvalue weighted by Crippen LogP contribution is 2.29. The van der Waals surface area contributed by atoms with Gasteiger partial charge >= 0.3 is 0 Å². The van der Waals surface area contributed by atoms with Crippen LogP contribution in [0.5, 0.6) is 5.75 Å². The number of hydrogen-bond acceptors (Lipinski definition) is 3.